The molecule has 0 amide bonds. The van der Waals surface area contributed by atoms with Gasteiger partial charge in [-0.25, -0.2) is 0 Å². The Morgan fingerprint density at radius 2 is 1.88 bits per heavy atom. The van der Waals surface area contributed by atoms with Crippen molar-refractivity contribution in [2.24, 2.45) is 0 Å². The maximum Gasteiger partial charge on any atom is 0.0583 e. The van der Waals surface area contributed by atoms with Gasteiger partial charge in [0.15, 0.2) is 0 Å². The fourth-order valence-electron chi connectivity index (χ4n) is 0.722. The Balaban J connectivity index is 3.07. The van der Waals surface area contributed by atoms with Crippen LogP contribution < -0.4 is 10.6 Å². The Bertz CT molecular complexity index is 45.7. The first-order valence-electron chi connectivity index (χ1n) is 3.19. The van der Waals surface area contributed by atoms with Crippen LogP contribution in [0.4, 0.5) is 0 Å². The van der Waals surface area contributed by atoms with Gasteiger partial charge in [-0.3, -0.25) is 0 Å². The highest BCUT2D eigenvalue weighted by Crippen LogP contribution is 1.76. The summed E-state index contributed by atoms with van der Waals surface area (Å²) in [7, 11) is 4.12. The summed E-state index contributed by atoms with van der Waals surface area (Å²) in [5.74, 6) is 0.639. The minimum atomic E-state index is 0.113. The van der Waals surface area contributed by atoms with Crippen LogP contribution in [0.15, 0.2) is 0 Å². The molecule has 0 atom stereocenters. The third-order valence-electron chi connectivity index (χ3n) is 1.27. The Labute approximate surface area is 53.9 Å². The first-order valence-corrected chi connectivity index (χ1v) is 5.01. The summed E-state index contributed by atoms with van der Waals surface area (Å²) in [6.45, 7) is 2.24. The lowest BCUT2D eigenvalue weighted by atomic mass is 11.0. The van der Waals surface area contributed by atoms with Gasteiger partial charge in [-0.15, -0.1) is 0 Å². The van der Waals surface area contributed by atoms with E-state index in [4.69, 9.17) is 0 Å². The summed E-state index contributed by atoms with van der Waals surface area (Å²) in [5, 5.41) is 6.41. The van der Waals surface area contributed by atoms with Gasteiger partial charge in [-0.05, 0) is 14.1 Å². The molecule has 0 rings (SSSR count). The van der Waals surface area contributed by atoms with Crippen molar-refractivity contribution in [2.45, 2.75) is 18.8 Å². The smallest absolute Gasteiger partial charge is 0.0583 e. The van der Waals surface area contributed by atoms with E-state index in [-0.39, 0.29) is 9.52 Å². The molecule has 0 aliphatic heterocycles. The predicted molar refractivity (Wildman–Crippen MR) is 40.9 cm³/mol. The van der Waals surface area contributed by atoms with E-state index in [9.17, 15) is 0 Å². The molecule has 2 nitrogen and oxygen atoms in total. The Morgan fingerprint density at radius 1 is 1.38 bits per heavy atom. The van der Waals surface area contributed by atoms with Gasteiger partial charge >= 0.3 is 0 Å². The van der Waals surface area contributed by atoms with Crippen LogP contribution in [0.1, 0.15) is 6.92 Å². The van der Waals surface area contributed by atoms with Crippen LogP contribution in [0, 0.1) is 0 Å². The maximum absolute atomic E-state index is 3.20. The van der Waals surface area contributed by atoms with Crippen molar-refractivity contribution >= 4 is 9.52 Å². The zero-order valence-corrected chi connectivity index (χ0v) is 7.41. The molecular weight excluding hydrogens is 116 g/mol. The van der Waals surface area contributed by atoms with Gasteiger partial charge in [0, 0.05) is 5.79 Å². The first kappa shape index (κ1) is 8.14. The van der Waals surface area contributed by atoms with Crippen molar-refractivity contribution in [3.05, 3.63) is 0 Å². The largest absolute Gasteiger partial charge is 0.308 e. The quantitative estimate of drug-likeness (QED) is 0.391. The van der Waals surface area contributed by atoms with Gasteiger partial charge < -0.3 is 10.6 Å². The molecule has 0 saturated heterocycles. The van der Waals surface area contributed by atoms with Gasteiger partial charge in [0.1, 0.15) is 0 Å². The molecule has 0 saturated carbocycles. The van der Waals surface area contributed by atoms with Gasteiger partial charge in [-0.1, -0.05) is 13.0 Å². The van der Waals surface area contributed by atoms with Crippen LogP contribution in [0.3, 0.4) is 0 Å². The molecule has 3 heteroatoms. The molecule has 0 aromatic rings. The number of hydrogen-bond donors (Lipinski definition) is 2. The van der Waals surface area contributed by atoms with E-state index >= 15 is 0 Å². The van der Waals surface area contributed by atoms with E-state index in [0.29, 0.717) is 5.79 Å². The summed E-state index contributed by atoms with van der Waals surface area (Å²) in [6, 6.07) is 1.37. The lowest BCUT2D eigenvalue weighted by molar-refractivity contribution is 0.634. The average molecular weight is 132 g/mol. The third kappa shape index (κ3) is 3.18. The SMILES string of the molecule is CC[SiH2]C(NC)NC. The van der Waals surface area contributed by atoms with Crippen LogP contribution in [-0.2, 0) is 0 Å². The highest BCUT2D eigenvalue weighted by molar-refractivity contribution is 6.37. The molecule has 8 heavy (non-hydrogen) atoms. The second-order valence-corrected chi connectivity index (χ2v) is 4.31. The maximum atomic E-state index is 3.20. The van der Waals surface area contributed by atoms with Crippen LogP contribution in [-0.4, -0.2) is 29.4 Å². The third-order valence-corrected chi connectivity index (χ3v) is 3.25. The van der Waals surface area contributed by atoms with Crippen LogP contribution in [0.25, 0.3) is 0 Å². The lowest BCUT2D eigenvalue weighted by Gasteiger charge is -2.11. The number of nitrogens with one attached hydrogen (secondary N) is 2. The van der Waals surface area contributed by atoms with E-state index in [1.165, 1.54) is 6.04 Å². The predicted octanol–water partition coefficient (Wildman–Crippen LogP) is -0.684. The monoisotopic (exact) mass is 132 g/mol. The van der Waals surface area contributed by atoms with Crippen molar-refractivity contribution in [3.8, 4) is 0 Å². The molecule has 0 bridgehead atoms. The topological polar surface area (TPSA) is 24.1 Å². The molecule has 0 aliphatic rings. The summed E-state index contributed by atoms with van der Waals surface area (Å²) in [6.07, 6.45) is 0. The second kappa shape index (κ2) is 5.28. The van der Waals surface area contributed by atoms with Crippen LogP contribution >= 0.6 is 0 Å². The van der Waals surface area contributed by atoms with Crippen molar-refractivity contribution < 1.29 is 0 Å². The average Bonchev–Trinajstić information content (AvgIpc) is 1.83. The molecule has 0 aliphatic carbocycles. The molecule has 0 fully saturated rings. The van der Waals surface area contributed by atoms with Gasteiger partial charge in [-0.2, -0.15) is 0 Å². The molecule has 50 valence electrons. The van der Waals surface area contributed by atoms with E-state index in [1.807, 2.05) is 14.1 Å². The molecule has 0 heterocycles. The molecule has 0 unspecified atom stereocenters. The standard InChI is InChI=1S/C5H16N2Si/c1-4-8-5(6-2)7-3/h5-7H,4,8H2,1-3H3. The zero-order chi connectivity index (χ0) is 6.41. The minimum Gasteiger partial charge on any atom is -0.308 e. The summed E-state index contributed by atoms with van der Waals surface area (Å²) in [4.78, 5) is 0. The van der Waals surface area contributed by atoms with Crippen LogP contribution in [0.2, 0.25) is 6.04 Å². The molecule has 2 N–H and O–H groups in total. The summed E-state index contributed by atoms with van der Waals surface area (Å²) in [5.41, 5.74) is 0. The molecule has 0 radical (unpaired) electrons. The summed E-state index contributed by atoms with van der Waals surface area (Å²) >= 11 is 0. The highest BCUT2D eigenvalue weighted by Gasteiger charge is 1.97. The van der Waals surface area contributed by atoms with E-state index in [0.717, 1.165) is 0 Å². The van der Waals surface area contributed by atoms with Gasteiger partial charge in [0.2, 0.25) is 0 Å². The van der Waals surface area contributed by atoms with E-state index < -0.39 is 0 Å². The number of rotatable bonds is 4. The second-order valence-electron chi connectivity index (χ2n) is 1.92. The van der Waals surface area contributed by atoms with Crippen molar-refractivity contribution in [3.63, 3.8) is 0 Å². The Kier molecular flexibility index (Phi) is 5.37. The molecule has 0 aromatic carbocycles. The van der Waals surface area contributed by atoms with Gasteiger partial charge in [0.05, 0.1) is 9.52 Å². The highest BCUT2D eigenvalue weighted by atomic mass is 28.2. The molecule has 0 spiro atoms. The fourth-order valence-corrected chi connectivity index (χ4v) is 1.88. The van der Waals surface area contributed by atoms with Crippen molar-refractivity contribution in [2.75, 3.05) is 14.1 Å². The molecule has 0 aromatic heterocycles. The van der Waals surface area contributed by atoms with Crippen LogP contribution in [0.5, 0.6) is 0 Å². The van der Waals surface area contributed by atoms with Crippen molar-refractivity contribution in [1.29, 1.82) is 0 Å². The first-order chi connectivity index (χ1) is 3.85. The van der Waals surface area contributed by atoms with E-state index in [2.05, 4.69) is 17.6 Å². The fraction of sp³-hybridized carbons (Fsp3) is 1.00. The van der Waals surface area contributed by atoms with Gasteiger partial charge in [0.25, 0.3) is 0 Å². The summed E-state index contributed by atoms with van der Waals surface area (Å²) < 4.78 is 0. The Morgan fingerprint density at radius 3 is 2.00 bits per heavy atom. The normalized spacial score (nSPS) is 12.0. The lowest BCUT2D eigenvalue weighted by Crippen LogP contribution is -2.42. The zero-order valence-electron chi connectivity index (χ0n) is 5.99. The Hall–Kier alpha value is 0.137. The molecular formula is C5H16N2Si. The van der Waals surface area contributed by atoms with Crippen molar-refractivity contribution in [1.82, 2.24) is 10.6 Å². The number of hydrogen-bond acceptors (Lipinski definition) is 2. The van der Waals surface area contributed by atoms with E-state index in [1.54, 1.807) is 0 Å². The minimum absolute atomic E-state index is 0.113.